The number of hydrogen-bond donors (Lipinski definition) is 1. The van der Waals surface area contributed by atoms with Gasteiger partial charge in [-0.25, -0.2) is 0 Å². The fourth-order valence-corrected chi connectivity index (χ4v) is 3.53. The maximum Gasteiger partial charge on any atom is 0.264 e. The highest BCUT2D eigenvalue weighted by atomic mass is 32.2. The van der Waals surface area contributed by atoms with Gasteiger partial charge in [0.15, 0.2) is 0 Å². The fraction of sp³-hybridized carbons (Fsp3) is 0.391. The van der Waals surface area contributed by atoms with Gasteiger partial charge in [-0.15, -0.1) is 6.58 Å². The highest BCUT2D eigenvalue weighted by Gasteiger charge is 2.13. The predicted octanol–water partition coefficient (Wildman–Crippen LogP) is 5.53. The first-order valence-electron chi connectivity index (χ1n) is 10.0. The molecule has 0 unspecified atom stereocenters. The summed E-state index contributed by atoms with van der Waals surface area (Å²) in [5.41, 5.74) is 1.90. The Morgan fingerprint density at radius 1 is 0.828 bits per heavy atom. The Morgan fingerprint density at radius 3 is 2.03 bits per heavy atom. The standard InChI is InChI=1S/C23H30O5S/c1-2-3-4-5-9-17-27-21-15-12-16-22(23(21)20-13-7-6-8-14-20)28-18-10-11-19-29(24,25)26/h2,6-8,12-16H,1,3-5,9-11,17-19H2,(H,24,25,26). The summed E-state index contributed by atoms with van der Waals surface area (Å²) in [6, 6.07) is 15.7. The molecule has 0 saturated heterocycles. The highest BCUT2D eigenvalue weighted by molar-refractivity contribution is 7.85. The summed E-state index contributed by atoms with van der Waals surface area (Å²) in [6.07, 6.45) is 7.02. The van der Waals surface area contributed by atoms with E-state index >= 15 is 0 Å². The van der Waals surface area contributed by atoms with Crippen molar-refractivity contribution in [2.45, 2.75) is 38.5 Å². The Morgan fingerprint density at radius 2 is 1.45 bits per heavy atom. The van der Waals surface area contributed by atoms with Gasteiger partial charge < -0.3 is 9.47 Å². The lowest BCUT2D eigenvalue weighted by molar-refractivity contribution is 0.294. The minimum atomic E-state index is -3.93. The van der Waals surface area contributed by atoms with Crippen molar-refractivity contribution in [3.63, 3.8) is 0 Å². The molecule has 6 heteroatoms. The average molecular weight is 419 g/mol. The molecule has 0 fully saturated rings. The van der Waals surface area contributed by atoms with E-state index in [-0.39, 0.29) is 5.75 Å². The molecule has 0 radical (unpaired) electrons. The number of rotatable bonds is 14. The molecule has 158 valence electrons. The third-order valence-electron chi connectivity index (χ3n) is 4.41. The van der Waals surface area contributed by atoms with E-state index < -0.39 is 10.1 Å². The van der Waals surface area contributed by atoms with E-state index in [1.165, 1.54) is 0 Å². The summed E-state index contributed by atoms with van der Waals surface area (Å²) in [6.45, 7) is 4.74. The zero-order chi connectivity index (χ0) is 21.0. The lowest BCUT2D eigenvalue weighted by Gasteiger charge is -2.17. The predicted molar refractivity (Wildman–Crippen MR) is 117 cm³/mol. The molecule has 0 aliphatic rings. The van der Waals surface area contributed by atoms with Gasteiger partial charge in [-0.3, -0.25) is 4.55 Å². The summed E-state index contributed by atoms with van der Waals surface area (Å²) in [5.74, 6) is 1.22. The number of ether oxygens (including phenoxy) is 2. The first-order valence-corrected chi connectivity index (χ1v) is 11.6. The molecule has 0 saturated carbocycles. The zero-order valence-electron chi connectivity index (χ0n) is 16.8. The summed E-state index contributed by atoms with van der Waals surface area (Å²) in [7, 11) is -3.93. The van der Waals surface area contributed by atoms with Crippen LogP contribution < -0.4 is 9.47 Å². The van der Waals surface area contributed by atoms with Gasteiger partial charge in [0.25, 0.3) is 10.1 Å². The molecule has 0 aliphatic carbocycles. The molecule has 0 aromatic heterocycles. The van der Waals surface area contributed by atoms with Crippen molar-refractivity contribution in [3.05, 3.63) is 61.2 Å². The smallest absolute Gasteiger partial charge is 0.264 e. The van der Waals surface area contributed by atoms with E-state index in [2.05, 4.69) is 6.58 Å². The molecule has 0 atom stereocenters. The fourth-order valence-electron chi connectivity index (χ4n) is 2.96. The van der Waals surface area contributed by atoms with E-state index in [1.54, 1.807) is 0 Å². The van der Waals surface area contributed by atoms with E-state index in [0.717, 1.165) is 42.6 Å². The van der Waals surface area contributed by atoms with Crippen molar-refractivity contribution in [2.75, 3.05) is 19.0 Å². The lowest BCUT2D eigenvalue weighted by Crippen LogP contribution is -2.07. The van der Waals surface area contributed by atoms with E-state index in [0.29, 0.717) is 31.8 Å². The number of benzene rings is 2. The normalized spacial score (nSPS) is 11.2. The molecule has 5 nitrogen and oxygen atoms in total. The van der Waals surface area contributed by atoms with Crippen molar-refractivity contribution in [1.82, 2.24) is 0 Å². The second kappa shape index (κ2) is 12.3. The zero-order valence-corrected chi connectivity index (χ0v) is 17.6. The molecule has 2 aromatic carbocycles. The van der Waals surface area contributed by atoms with E-state index in [9.17, 15) is 8.42 Å². The number of unbranched alkanes of at least 4 members (excludes halogenated alkanes) is 4. The van der Waals surface area contributed by atoms with Gasteiger partial charge in [0.2, 0.25) is 0 Å². The summed E-state index contributed by atoms with van der Waals surface area (Å²) >= 11 is 0. The molecule has 0 amide bonds. The van der Waals surface area contributed by atoms with Gasteiger partial charge in [0.1, 0.15) is 11.5 Å². The Kier molecular flexibility index (Phi) is 9.74. The molecule has 0 bridgehead atoms. The van der Waals surface area contributed by atoms with Crippen molar-refractivity contribution in [3.8, 4) is 22.6 Å². The maximum atomic E-state index is 10.8. The van der Waals surface area contributed by atoms with Gasteiger partial charge in [0.05, 0.1) is 24.5 Å². The van der Waals surface area contributed by atoms with Gasteiger partial charge in [-0.05, 0) is 56.2 Å². The Hall–Kier alpha value is -2.31. The van der Waals surface area contributed by atoms with Crippen molar-refractivity contribution in [1.29, 1.82) is 0 Å². The van der Waals surface area contributed by atoms with E-state index in [1.807, 2.05) is 54.6 Å². The summed E-state index contributed by atoms with van der Waals surface area (Å²) in [4.78, 5) is 0. The maximum absolute atomic E-state index is 10.8. The third-order valence-corrected chi connectivity index (χ3v) is 5.22. The number of hydrogen-bond acceptors (Lipinski definition) is 4. The first kappa shape index (κ1) is 23.0. The van der Waals surface area contributed by atoms with Crippen LogP contribution in [-0.4, -0.2) is 31.9 Å². The van der Waals surface area contributed by atoms with Crippen LogP contribution in [0.3, 0.4) is 0 Å². The summed E-state index contributed by atoms with van der Waals surface area (Å²) < 4.78 is 42.5. The Bertz CT molecular complexity index is 847. The largest absolute Gasteiger partial charge is 0.493 e. The molecule has 0 heterocycles. The molecule has 0 spiro atoms. The molecule has 2 rings (SSSR count). The lowest BCUT2D eigenvalue weighted by atomic mass is 10.0. The molecular weight excluding hydrogens is 388 g/mol. The SMILES string of the molecule is C=CCCCCCOc1cccc(OCCCCS(=O)(=O)O)c1-c1ccccc1. The van der Waals surface area contributed by atoms with Gasteiger partial charge >= 0.3 is 0 Å². The van der Waals surface area contributed by atoms with Crippen LogP contribution in [0.5, 0.6) is 11.5 Å². The van der Waals surface area contributed by atoms with Crippen LogP contribution in [0.4, 0.5) is 0 Å². The van der Waals surface area contributed by atoms with Crippen LogP contribution in [0.1, 0.15) is 38.5 Å². The summed E-state index contributed by atoms with van der Waals surface area (Å²) in [5, 5.41) is 0. The van der Waals surface area contributed by atoms with Crippen LogP contribution >= 0.6 is 0 Å². The average Bonchev–Trinajstić information content (AvgIpc) is 2.70. The van der Waals surface area contributed by atoms with Crippen LogP contribution in [0.25, 0.3) is 11.1 Å². The number of allylic oxidation sites excluding steroid dienone is 1. The Balaban J connectivity index is 2.04. The Labute approximate surface area is 174 Å². The van der Waals surface area contributed by atoms with Gasteiger partial charge in [0, 0.05) is 0 Å². The monoisotopic (exact) mass is 418 g/mol. The van der Waals surface area contributed by atoms with Crippen molar-refractivity contribution in [2.24, 2.45) is 0 Å². The van der Waals surface area contributed by atoms with Crippen LogP contribution in [0.15, 0.2) is 61.2 Å². The third kappa shape index (κ3) is 8.71. The molecule has 2 aromatic rings. The quantitative estimate of drug-likeness (QED) is 0.248. The second-order valence-corrected chi connectivity index (χ2v) is 8.40. The minimum Gasteiger partial charge on any atom is -0.493 e. The first-order chi connectivity index (χ1) is 14.0. The van der Waals surface area contributed by atoms with E-state index in [4.69, 9.17) is 14.0 Å². The van der Waals surface area contributed by atoms with Crippen molar-refractivity contribution < 1.29 is 22.4 Å². The molecule has 29 heavy (non-hydrogen) atoms. The van der Waals surface area contributed by atoms with Gasteiger partial charge in [-0.2, -0.15) is 8.42 Å². The van der Waals surface area contributed by atoms with Gasteiger partial charge in [-0.1, -0.05) is 42.5 Å². The molecular formula is C23H30O5S. The topological polar surface area (TPSA) is 72.8 Å². The molecule has 1 N–H and O–H groups in total. The highest BCUT2D eigenvalue weighted by Crippen LogP contribution is 2.38. The van der Waals surface area contributed by atoms with Crippen LogP contribution in [0, 0.1) is 0 Å². The van der Waals surface area contributed by atoms with Crippen LogP contribution in [-0.2, 0) is 10.1 Å². The molecule has 0 aliphatic heterocycles. The second-order valence-electron chi connectivity index (χ2n) is 6.82. The minimum absolute atomic E-state index is 0.253. The van der Waals surface area contributed by atoms with Crippen LogP contribution in [0.2, 0.25) is 0 Å². The van der Waals surface area contributed by atoms with Crippen molar-refractivity contribution >= 4 is 10.1 Å².